The monoisotopic (exact) mass is 690 g/mol. The second-order valence-electron chi connectivity index (χ2n) is 12.0. The summed E-state index contributed by atoms with van der Waals surface area (Å²) in [4.78, 5) is 12.7. The quantitative estimate of drug-likeness (QED) is 0.0675. The molecule has 1 aliphatic rings. The molecule has 1 unspecified atom stereocenters. The van der Waals surface area contributed by atoms with Gasteiger partial charge in [-0.05, 0) is 48.7 Å². The number of halogens is 1. The Bertz CT molecular complexity index is 1200. The number of ether oxygens (including phenoxy) is 7. The SMILES string of the molecule is CCC(=O)O[C@@H](C[C@H]1C[C@@H](/C(C)=C\[C@@H](CC)COCOCCOC)OC(c2ccc(OC)cc2)O1)C(C)(C)c1cccc(Br)c1. The Balaban J connectivity index is 1.86. The van der Waals surface area contributed by atoms with Gasteiger partial charge in [-0.15, -0.1) is 0 Å². The van der Waals surface area contributed by atoms with Crippen LogP contribution in [0.2, 0.25) is 0 Å². The summed E-state index contributed by atoms with van der Waals surface area (Å²) >= 11 is 3.60. The highest BCUT2D eigenvalue weighted by molar-refractivity contribution is 9.10. The van der Waals surface area contributed by atoms with Crippen LogP contribution in [0.25, 0.3) is 0 Å². The molecule has 2 aromatic rings. The van der Waals surface area contributed by atoms with E-state index in [4.69, 9.17) is 33.2 Å². The smallest absolute Gasteiger partial charge is 0.305 e. The molecule has 0 saturated carbocycles. The molecule has 1 aliphatic heterocycles. The number of hydrogen-bond acceptors (Lipinski definition) is 8. The van der Waals surface area contributed by atoms with Gasteiger partial charge >= 0.3 is 5.97 Å². The highest BCUT2D eigenvalue weighted by atomic mass is 79.9. The molecule has 1 saturated heterocycles. The number of carbonyl (C=O) groups excluding carboxylic acids is 1. The minimum atomic E-state index is -0.593. The van der Waals surface area contributed by atoms with E-state index in [1.54, 1.807) is 14.2 Å². The van der Waals surface area contributed by atoms with Gasteiger partial charge in [-0.1, -0.05) is 74.0 Å². The lowest BCUT2D eigenvalue weighted by atomic mass is 9.76. The van der Waals surface area contributed by atoms with Gasteiger partial charge < -0.3 is 33.2 Å². The maximum absolute atomic E-state index is 12.7. The van der Waals surface area contributed by atoms with Gasteiger partial charge in [0.25, 0.3) is 0 Å². The van der Waals surface area contributed by atoms with Gasteiger partial charge in [-0.3, -0.25) is 4.79 Å². The molecular formula is C36H51BrO8. The zero-order chi connectivity index (χ0) is 32.8. The van der Waals surface area contributed by atoms with E-state index in [0.29, 0.717) is 39.1 Å². The number of esters is 1. The zero-order valence-corrected chi connectivity index (χ0v) is 29.5. The number of hydrogen-bond donors (Lipinski definition) is 0. The second-order valence-corrected chi connectivity index (χ2v) is 12.9. The molecule has 0 aliphatic carbocycles. The van der Waals surface area contributed by atoms with Gasteiger partial charge in [0.15, 0.2) is 6.29 Å². The summed E-state index contributed by atoms with van der Waals surface area (Å²) in [5, 5.41) is 0. The first-order valence-electron chi connectivity index (χ1n) is 15.8. The van der Waals surface area contributed by atoms with E-state index < -0.39 is 17.8 Å². The molecule has 45 heavy (non-hydrogen) atoms. The highest BCUT2D eigenvalue weighted by Gasteiger charge is 2.40. The molecule has 2 aromatic carbocycles. The average Bonchev–Trinajstić information content (AvgIpc) is 3.05. The molecule has 9 heteroatoms. The van der Waals surface area contributed by atoms with E-state index in [1.165, 1.54) is 0 Å². The van der Waals surface area contributed by atoms with Crippen molar-refractivity contribution < 1.29 is 38.0 Å². The van der Waals surface area contributed by atoms with Crippen LogP contribution in [0.5, 0.6) is 5.75 Å². The van der Waals surface area contributed by atoms with Gasteiger partial charge in [-0.2, -0.15) is 0 Å². The highest BCUT2D eigenvalue weighted by Crippen LogP contribution is 2.39. The van der Waals surface area contributed by atoms with Gasteiger partial charge in [-0.25, -0.2) is 0 Å². The lowest BCUT2D eigenvalue weighted by Gasteiger charge is -2.41. The van der Waals surface area contributed by atoms with Crippen molar-refractivity contribution in [1.29, 1.82) is 0 Å². The van der Waals surface area contributed by atoms with Gasteiger partial charge in [0.05, 0.1) is 39.1 Å². The Labute approximate surface area is 277 Å². The van der Waals surface area contributed by atoms with Crippen LogP contribution in [0.1, 0.15) is 77.7 Å². The molecule has 0 aromatic heterocycles. The second kappa shape index (κ2) is 18.8. The fourth-order valence-corrected chi connectivity index (χ4v) is 5.74. The normalized spacial score (nSPS) is 20.4. The molecule has 5 atom stereocenters. The molecule has 0 amide bonds. The molecule has 3 rings (SSSR count). The fourth-order valence-electron chi connectivity index (χ4n) is 5.34. The summed E-state index contributed by atoms with van der Waals surface area (Å²) < 4.78 is 42.0. The third-order valence-electron chi connectivity index (χ3n) is 8.34. The lowest BCUT2D eigenvalue weighted by Crippen LogP contribution is -2.43. The average molecular weight is 692 g/mol. The Morgan fingerprint density at radius 2 is 1.82 bits per heavy atom. The first-order valence-corrected chi connectivity index (χ1v) is 16.6. The molecule has 0 spiro atoms. The summed E-state index contributed by atoms with van der Waals surface area (Å²) in [5.41, 5.74) is 2.62. The van der Waals surface area contributed by atoms with E-state index in [1.807, 2.05) is 43.3 Å². The molecule has 0 N–H and O–H groups in total. The summed E-state index contributed by atoms with van der Waals surface area (Å²) in [6.45, 7) is 12.1. The largest absolute Gasteiger partial charge is 0.497 e. The van der Waals surface area contributed by atoms with Crippen molar-refractivity contribution in [3.63, 3.8) is 0 Å². The number of benzene rings is 2. The van der Waals surface area contributed by atoms with E-state index in [2.05, 4.69) is 61.8 Å². The summed E-state index contributed by atoms with van der Waals surface area (Å²) in [5.74, 6) is 0.735. The minimum absolute atomic E-state index is 0.195. The standard InChI is InChI=1S/C36H51BrO8/c1-8-26(23-42-24-41-18-17-39-6)19-25(3)32-21-31(43-35(44-32)27-13-15-30(40-7)16-14-27)22-33(45-34(38)9-2)36(4,5)28-11-10-12-29(37)20-28/h10-16,19-20,26,31-33,35H,8-9,17-18,21-24H2,1-7H3/b25-19-/t26-,31-,32+,33+,35?/m1/s1. The van der Waals surface area contributed by atoms with E-state index >= 15 is 0 Å². The van der Waals surface area contributed by atoms with Crippen LogP contribution >= 0.6 is 15.9 Å². The third kappa shape index (κ3) is 11.5. The maximum atomic E-state index is 12.7. The van der Waals surface area contributed by atoms with E-state index in [-0.39, 0.29) is 30.9 Å². The topological polar surface area (TPSA) is 81.7 Å². The van der Waals surface area contributed by atoms with Crippen LogP contribution in [0.15, 0.2) is 64.7 Å². The van der Waals surface area contributed by atoms with E-state index in [9.17, 15) is 4.79 Å². The van der Waals surface area contributed by atoms with Crippen LogP contribution in [0.4, 0.5) is 0 Å². The molecule has 0 radical (unpaired) electrons. The first kappa shape index (κ1) is 37.2. The van der Waals surface area contributed by atoms with Crippen molar-refractivity contribution >= 4 is 21.9 Å². The molecule has 0 bridgehead atoms. The molecule has 250 valence electrons. The Hall–Kier alpha value is -2.27. The lowest BCUT2D eigenvalue weighted by molar-refractivity contribution is -0.245. The van der Waals surface area contributed by atoms with Gasteiger partial charge in [0.1, 0.15) is 18.6 Å². The molecule has 8 nitrogen and oxygen atoms in total. The van der Waals surface area contributed by atoms with Crippen molar-refractivity contribution in [1.82, 2.24) is 0 Å². The predicted octanol–water partition coefficient (Wildman–Crippen LogP) is 7.93. The fraction of sp³-hybridized carbons (Fsp3) is 0.583. The molecule has 1 fully saturated rings. The van der Waals surface area contributed by atoms with Crippen molar-refractivity contribution in [2.24, 2.45) is 5.92 Å². The van der Waals surface area contributed by atoms with Gasteiger partial charge in [0, 0.05) is 47.7 Å². The summed E-state index contributed by atoms with van der Waals surface area (Å²) in [6.07, 6.45) is 3.17. The zero-order valence-electron chi connectivity index (χ0n) is 27.9. The van der Waals surface area contributed by atoms with Crippen molar-refractivity contribution in [3.05, 3.63) is 75.8 Å². The van der Waals surface area contributed by atoms with Crippen molar-refractivity contribution in [2.45, 2.75) is 90.3 Å². The van der Waals surface area contributed by atoms with Crippen LogP contribution in [-0.2, 0) is 38.6 Å². The van der Waals surface area contributed by atoms with Crippen LogP contribution in [0.3, 0.4) is 0 Å². The Morgan fingerprint density at radius 3 is 2.47 bits per heavy atom. The third-order valence-corrected chi connectivity index (χ3v) is 8.84. The maximum Gasteiger partial charge on any atom is 0.305 e. The summed E-state index contributed by atoms with van der Waals surface area (Å²) in [6, 6.07) is 15.9. The van der Waals surface area contributed by atoms with Gasteiger partial charge in [0.2, 0.25) is 0 Å². The van der Waals surface area contributed by atoms with Crippen LogP contribution < -0.4 is 4.74 Å². The number of methoxy groups -OCH3 is 2. The van der Waals surface area contributed by atoms with Crippen molar-refractivity contribution in [3.8, 4) is 5.75 Å². The molecular weight excluding hydrogens is 640 g/mol. The Morgan fingerprint density at radius 1 is 1.07 bits per heavy atom. The minimum Gasteiger partial charge on any atom is -0.497 e. The Kier molecular flexibility index (Phi) is 15.5. The summed E-state index contributed by atoms with van der Waals surface area (Å²) in [7, 11) is 3.29. The number of rotatable bonds is 18. The van der Waals surface area contributed by atoms with Crippen LogP contribution in [-0.4, -0.2) is 65.1 Å². The van der Waals surface area contributed by atoms with Crippen LogP contribution in [0, 0.1) is 5.92 Å². The number of carbonyl (C=O) groups is 1. The van der Waals surface area contributed by atoms with Crippen molar-refractivity contribution in [2.75, 3.05) is 40.8 Å². The first-order chi connectivity index (χ1) is 21.6. The molecule has 1 heterocycles. The van der Waals surface area contributed by atoms with E-state index in [0.717, 1.165) is 33.3 Å². The predicted molar refractivity (Wildman–Crippen MR) is 178 cm³/mol.